The molecule has 23 heavy (non-hydrogen) atoms. The molecule has 2 aliphatic rings. The Bertz CT molecular complexity index is 715. The van der Waals surface area contributed by atoms with Gasteiger partial charge >= 0.3 is 0 Å². The maximum absolute atomic E-state index is 12.3. The number of anilines is 1. The first-order valence-corrected chi connectivity index (χ1v) is 9.42. The van der Waals surface area contributed by atoms with Crippen LogP contribution in [0.5, 0.6) is 0 Å². The highest BCUT2D eigenvalue weighted by Crippen LogP contribution is 2.36. The Balaban J connectivity index is 1.67. The van der Waals surface area contributed by atoms with Gasteiger partial charge in [-0.05, 0) is 37.1 Å². The maximum Gasteiger partial charge on any atom is 0.222 e. The largest absolute Gasteiger partial charge is 0.350 e. The van der Waals surface area contributed by atoms with Crippen molar-refractivity contribution >= 4 is 33.3 Å². The highest BCUT2D eigenvalue weighted by atomic mass is 32.1. The van der Waals surface area contributed by atoms with Crippen LogP contribution in [-0.2, 0) is 4.79 Å². The minimum Gasteiger partial charge on any atom is -0.350 e. The number of carbonyl (C=O) groups excluding carboxylic acids is 1. The van der Waals surface area contributed by atoms with E-state index in [-0.39, 0.29) is 0 Å². The highest BCUT2D eigenvalue weighted by Gasteiger charge is 2.40. The summed E-state index contributed by atoms with van der Waals surface area (Å²) in [5, 5.41) is 2.08. The van der Waals surface area contributed by atoms with Crippen molar-refractivity contribution in [2.24, 2.45) is 0 Å². The molecule has 2 aromatic heterocycles. The van der Waals surface area contributed by atoms with Crippen molar-refractivity contribution in [2.75, 3.05) is 18.0 Å². The molecule has 0 aromatic carbocycles. The van der Waals surface area contributed by atoms with Gasteiger partial charge in [-0.15, -0.1) is 11.3 Å². The number of likely N-dealkylation sites (tertiary alicyclic amines) is 1. The number of rotatable bonds is 3. The summed E-state index contributed by atoms with van der Waals surface area (Å²) in [5.74, 6) is 1.35. The van der Waals surface area contributed by atoms with Crippen LogP contribution in [0.1, 0.15) is 39.0 Å². The van der Waals surface area contributed by atoms with Gasteiger partial charge in [0.25, 0.3) is 0 Å². The number of nitrogens with zero attached hydrogens (tertiary/aromatic N) is 4. The summed E-state index contributed by atoms with van der Waals surface area (Å²) in [5.41, 5.74) is 1.03. The molecule has 4 rings (SSSR count). The Morgan fingerprint density at radius 2 is 2.09 bits per heavy atom. The molecule has 2 fully saturated rings. The molecule has 122 valence electrons. The van der Waals surface area contributed by atoms with Crippen molar-refractivity contribution in [3.8, 4) is 0 Å². The SMILES string of the molecule is CCC(=O)N1CCC[C@@H]1[C@@H]1CCCN1c1ncnc2ccsc12. The van der Waals surface area contributed by atoms with Crippen LogP contribution in [0.4, 0.5) is 5.82 Å². The zero-order chi connectivity index (χ0) is 15.8. The molecule has 1 amide bonds. The van der Waals surface area contributed by atoms with Gasteiger partial charge in [-0.1, -0.05) is 6.92 Å². The van der Waals surface area contributed by atoms with Crippen LogP contribution in [0, 0.1) is 0 Å². The van der Waals surface area contributed by atoms with Crippen LogP contribution in [-0.4, -0.2) is 45.9 Å². The van der Waals surface area contributed by atoms with Crippen molar-refractivity contribution in [3.63, 3.8) is 0 Å². The minimum atomic E-state index is 0.295. The van der Waals surface area contributed by atoms with Gasteiger partial charge in [0, 0.05) is 19.5 Å². The average molecular weight is 330 g/mol. The molecule has 0 bridgehead atoms. The van der Waals surface area contributed by atoms with Crippen molar-refractivity contribution in [3.05, 3.63) is 17.8 Å². The number of amides is 1. The first-order chi connectivity index (χ1) is 11.3. The van der Waals surface area contributed by atoms with Crippen molar-refractivity contribution in [1.29, 1.82) is 0 Å². The van der Waals surface area contributed by atoms with Crippen LogP contribution in [0.2, 0.25) is 0 Å². The monoisotopic (exact) mass is 330 g/mol. The van der Waals surface area contributed by atoms with Gasteiger partial charge in [-0.2, -0.15) is 0 Å². The molecule has 2 aliphatic heterocycles. The van der Waals surface area contributed by atoms with Crippen LogP contribution in [0.3, 0.4) is 0 Å². The summed E-state index contributed by atoms with van der Waals surface area (Å²) in [6.45, 7) is 3.91. The zero-order valence-electron chi connectivity index (χ0n) is 13.4. The van der Waals surface area contributed by atoms with Gasteiger partial charge in [-0.3, -0.25) is 4.79 Å². The number of fused-ring (bicyclic) bond motifs is 1. The Morgan fingerprint density at radius 3 is 2.96 bits per heavy atom. The molecular weight excluding hydrogens is 308 g/mol. The van der Waals surface area contributed by atoms with Crippen LogP contribution in [0.15, 0.2) is 17.8 Å². The zero-order valence-corrected chi connectivity index (χ0v) is 14.3. The molecule has 0 N–H and O–H groups in total. The fourth-order valence-corrected chi connectivity index (χ4v) is 4.99. The van der Waals surface area contributed by atoms with Gasteiger partial charge in [0.05, 0.1) is 22.3 Å². The molecule has 4 heterocycles. The first kappa shape index (κ1) is 14.9. The standard InChI is InChI=1S/C17H22N4OS/c1-2-15(22)20-8-3-5-13(20)14-6-4-9-21(14)17-16-12(7-10-23-16)18-11-19-17/h7,10-11,13-14H,2-6,8-9H2,1H3/t13-,14+/m1/s1. The van der Waals surface area contributed by atoms with E-state index in [9.17, 15) is 4.79 Å². The van der Waals surface area contributed by atoms with Gasteiger partial charge in [0.15, 0.2) is 0 Å². The highest BCUT2D eigenvalue weighted by molar-refractivity contribution is 7.17. The van der Waals surface area contributed by atoms with Gasteiger partial charge in [0.2, 0.25) is 5.91 Å². The van der Waals surface area contributed by atoms with Gasteiger partial charge in [-0.25, -0.2) is 9.97 Å². The van der Waals surface area contributed by atoms with E-state index in [0.29, 0.717) is 24.4 Å². The van der Waals surface area contributed by atoms with E-state index in [0.717, 1.165) is 43.7 Å². The van der Waals surface area contributed by atoms with Crippen LogP contribution >= 0.6 is 11.3 Å². The molecule has 0 saturated carbocycles. The molecule has 0 spiro atoms. The topological polar surface area (TPSA) is 49.3 Å². The van der Waals surface area contributed by atoms with Gasteiger partial charge < -0.3 is 9.80 Å². The molecule has 2 aromatic rings. The lowest BCUT2D eigenvalue weighted by Crippen LogP contribution is -2.48. The number of thiophene rings is 1. The molecule has 5 nitrogen and oxygen atoms in total. The molecular formula is C17H22N4OS. The average Bonchev–Trinajstić information content (AvgIpc) is 3.31. The van der Waals surface area contributed by atoms with E-state index < -0.39 is 0 Å². The fourth-order valence-electron chi connectivity index (χ4n) is 4.14. The smallest absolute Gasteiger partial charge is 0.222 e. The predicted octanol–water partition coefficient (Wildman–Crippen LogP) is 3.06. The first-order valence-electron chi connectivity index (χ1n) is 8.54. The van der Waals surface area contributed by atoms with E-state index in [2.05, 4.69) is 31.2 Å². The van der Waals surface area contributed by atoms with E-state index in [1.165, 1.54) is 11.1 Å². The number of carbonyl (C=O) groups is 1. The summed E-state index contributed by atoms with van der Waals surface area (Å²) >= 11 is 1.71. The van der Waals surface area contributed by atoms with Gasteiger partial charge in [0.1, 0.15) is 12.1 Å². The third-order valence-electron chi connectivity index (χ3n) is 5.16. The Morgan fingerprint density at radius 1 is 1.26 bits per heavy atom. The molecule has 0 unspecified atom stereocenters. The number of hydrogen-bond acceptors (Lipinski definition) is 5. The summed E-state index contributed by atoms with van der Waals surface area (Å²) < 4.78 is 1.17. The molecule has 6 heteroatoms. The Labute approximate surface area is 140 Å². The second kappa shape index (κ2) is 6.07. The summed E-state index contributed by atoms with van der Waals surface area (Å²) in [6.07, 6.45) is 6.83. The minimum absolute atomic E-state index is 0.295. The third-order valence-corrected chi connectivity index (χ3v) is 6.06. The van der Waals surface area contributed by atoms with E-state index in [4.69, 9.17) is 0 Å². The summed E-state index contributed by atoms with van der Waals surface area (Å²) in [7, 11) is 0. The number of aromatic nitrogens is 2. The fraction of sp³-hybridized carbons (Fsp3) is 0.588. The molecule has 0 radical (unpaired) electrons. The summed E-state index contributed by atoms with van der Waals surface area (Å²) in [4.78, 5) is 25.8. The second-order valence-corrected chi connectivity index (χ2v) is 7.30. The Kier molecular flexibility index (Phi) is 3.93. The lowest BCUT2D eigenvalue weighted by Gasteiger charge is -2.35. The van der Waals surface area contributed by atoms with E-state index in [1.807, 2.05) is 6.92 Å². The maximum atomic E-state index is 12.3. The van der Waals surface area contributed by atoms with E-state index >= 15 is 0 Å². The third kappa shape index (κ3) is 2.49. The molecule has 2 saturated heterocycles. The van der Waals surface area contributed by atoms with Crippen LogP contribution < -0.4 is 4.90 Å². The second-order valence-electron chi connectivity index (χ2n) is 6.39. The van der Waals surface area contributed by atoms with Crippen LogP contribution in [0.25, 0.3) is 10.2 Å². The molecule has 0 aliphatic carbocycles. The molecule has 2 atom stereocenters. The lowest BCUT2D eigenvalue weighted by molar-refractivity contribution is -0.132. The summed E-state index contributed by atoms with van der Waals surface area (Å²) in [6, 6.07) is 2.79. The number of hydrogen-bond donors (Lipinski definition) is 0. The lowest BCUT2D eigenvalue weighted by atomic mass is 10.0. The van der Waals surface area contributed by atoms with E-state index in [1.54, 1.807) is 17.7 Å². The van der Waals surface area contributed by atoms with Crippen molar-refractivity contribution in [1.82, 2.24) is 14.9 Å². The Hall–Kier alpha value is -1.69. The van der Waals surface area contributed by atoms with Crippen molar-refractivity contribution in [2.45, 2.75) is 51.1 Å². The predicted molar refractivity (Wildman–Crippen MR) is 92.8 cm³/mol. The quantitative estimate of drug-likeness (QED) is 0.868. The van der Waals surface area contributed by atoms with Crippen molar-refractivity contribution < 1.29 is 4.79 Å². The normalized spacial score (nSPS) is 24.7.